The third-order valence-corrected chi connectivity index (χ3v) is 4.94. The number of rotatable bonds is 3. The van der Waals surface area contributed by atoms with E-state index < -0.39 is 15.6 Å². The van der Waals surface area contributed by atoms with Crippen molar-refractivity contribution in [3.63, 3.8) is 0 Å². The van der Waals surface area contributed by atoms with Crippen LogP contribution in [0.25, 0.3) is 0 Å². The van der Waals surface area contributed by atoms with Gasteiger partial charge in [0.25, 0.3) is 0 Å². The van der Waals surface area contributed by atoms with Crippen molar-refractivity contribution in [2.24, 2.45) is 0 Å². The van der Waals surface area contributed by atoms with E-state index in [9.17, 15) is 13.2 Å². The lowest BCUT2D eigenvalue weighted by Gasteiger charge is -2.30. The molecule has 104 valence electrons. The third kappa shape index (κ3) is 2.89. The number of hydrogen-bond acceptors (Lipinski definition) is 4. The Bertz CT molecular complexity index is 596. The van der Waals surface area contributed by atoms with Gasteiger partial charge in [-0.2, -0.15) is 0 Å². The predicted octanol–water partition coefficient (Wildman–Crippen LogP) is 0.983. The Hall–Kier alpha value is -1.56. The zero-order valence-electron chi connectivity index (χ0n) is 10.9. The predicted molar refractivity (Wildman–Crippen MR) is 75.9 cm³/mol. The van der Waals surface area contributed by atoms with Crippen LogP contribution in [0.3, 0.4) is 0 Å². The highest BCUT2D eigenvalue weighted by Gasteiger charge is 2.26. The molecular weight excluding hydrogens is 264 g/mol. The number of fused-ring (bicyclic) bond motifs is 1. The molecule has 1 amide bonds. The van der Waals surface area contributed by atoms with E-state index in [0.29, 0.717) is 12.2 Å². The molecule has 2 rings (SSSR count). The molecule has 0 saturated heterocycles. The average Bonchev–Trinajstić information content (AvgIpc) is 2.38. The summed E-state index contributed by atoms with van der Waals surface area (Å²) in [4.78, 5) is 13.7. The molecule has 0 aromatic heterocycles. The molecule has 1 aliphatic rings. The van der Waals surface area contributed by atoms with Crippen LogP contribution >= 0.6 is 0 Å². The van der Waals surface area contributed by atoms with E-state index in [2.05, 4.69) is 0 Å². The molecule has 19 heavy (non-hydrogen) atoms. The van der Waals surface area contributed by atoms with Gasteiger partial charge in [-0.1, -0.05) is 13.0 Å². The largest absolute Gasteiger partial charge is 0.398 e. The maximum Gasteiger partial charge on any atom is 0.242 e. The summed E-state index contributed by atoms with van der Waals surface area (Å²) in [5, 5.41) is 0. The number of anilines is 2. The van der Waals surface area contributed by atoms with E-state index in [1.807, 2.05) is 6.07 Å². The lowest BCUT2D eigenvalue weighted by Crippen LogP contribution is -2.39. The van der Waals surface area contributed by atoms with E-state index in [1.165, 1.54) is 0 Å². The molecule has 0 spiro atoms. The van der Waals surface area contributed by atoms with Crippen molar-refractivity contribution >= 4 is 27.1 Å². The number of sulfone groups is 1. The topological polar surface area (TPSA) is 80.5 Å². The first kappa shape index (κ1) is 13.9. The minimum absolute atomic E-state index is 0.0175. The number of benzene rings is 1. The first-order chi connectivity index (χ1) is 8.94. The molecule has 6 heteroatoms. The van der Waals surface area contributed by atoms with E-state index in [0.717, 1.165) is 24.1 Å². The second kappa shape index (κ2) is 5.21. The summed E-state index contributed by atoms with van der Waals surface area (Å²) in [6.07, 6.45) is 1.63. The molecule has 0 saturated carbocycles. The maximum atomic E-state index is 12.2. The normalized spacial score (nSPS) is 15.1. The van der Waals surface area contributed by atoms with Gasteiger partial charge in [0.15, 0.2) is 9.84 Å². The van der Waals surface area contributed by atoms with Crippen LogP contribution in [-0.4, -0.2) is 32.4 Å². The average molecular weight is 282 g/mol. The molecule has 1 aromatic rings. The van der Waals surface area contributed by atoms with E-state index in [1.54, 1.807) is 24.0 Å². The quantitative estimate of drug-likeness (QED) is 0.838. The minimum atomic E-state index is -3.30. The Balaban J connectivity index is 2.29. The monoisotopic (exact) mass is 282 g/mol. The van der Waals surface area contributed by atoms with Crippen molar-refractivity contribution in [1.29, 1.82) is 0 Å². The number of nitrogen functional groups attached to an aromatic ring is 1. The SMILES string of the molecule is CCS(=O)(=O)CC(=O)N1CCCc2c(N)cccc21. The molecule has 0 aliphatic carbocycles. The molecule has 0 fully saturated rings. The zero-order chi connectivity index (χ0) is 14.0. The van der Waals surface area contributed by atoms with Crippen LogP contribution in [0.2, 0.25) is 0 Å². The van der Waals surface area contributed by atoms with Gasteiger partial charge >= 0.3 is 0 Å². The van der Waals surface area contributed by atoms with Gasteiger partial charge in [0.1, 0.15) is 5.75 Å². The highest BCUT2D eigenvalue weighted by molar-refractivity contribution is 7.92. The Morgan fingerprint density at radius 1 is 1.42 bits per heavy atom. The fourth-order valence-corrected chi connectivity index (χ4v) is 3.02. The van der Waals surface area contributed by atoms with E-state index >= 15 is 0 Å². The first-order valence-corrected chi connectivity index (χ1v) is 8.15. The van der Waals surface area contributed by atoms with E-state index in [4.69, 9.17) is 5.73 Å². The minimum Gasteiger partial charge on any atom is -0.398 e. The highest BCUT2D eigenvalue weighted by Crippen LogP contribution is 2.31. The second-order valence-corrected chi connectivity index (χ2v) is 7.02. The number of carbonyl (C=O) groups is 1. The Labute approximate surface area is 113 Å². The fourth-order valence-electron chi connectivity index (χ4n) is 2.28. The standard InChI is InChI=1S/C13H18N2O3S/c1-2-19(17,18)9-13(16)15-8-4-5-10-11(14)6-3-7-12(10)15/h3,6-7H,2,4-5,8-9,14H2,1H3. The van der Waals surface area contributed by atoms with Crippen LogP contribution < -0.4 is 10.6 Å². The summed E-state index contributed by atoms with van der Waals surface area (Å²) < 4.78 is 23.1. The molecule has 2 N–H and O–H groups in total. The van der Waals surface area contributed by atoms with Gasteiger partial charge in [0.2, 0.25) is 5.91 Å². The van der Waals surface area contributed by atoms with E-state index in [-0.39, 0.29) is 11.7 Å². The number of hydrogen-bond donors (Lipinski definition) is 1. The Kier molecular flexibility index (Phi) is 3.80. The summed E-state index contributed by atoms with van der Waals surface area (Å²) in [6, 6.07) is 5.41. The molecule has 1 heterocycles. The smallest absolute Gasteiger partial charge is 0.242 e. The lowest BCUT2D eigenvalue weighted by atomic mass is 10.00. The van der Waals surface area contributed by atoms with Gasteiger partial charge in [0.05, 0.1) is 0 Å². The molecular formula is C13H18N2O3S. The maximum absolute atomic E-state index is 12.2. The van der Waals surface area contributed by atoms with Crippen molar-refractivity contribution < 1.29 is 13.2 Å². The van der Waals surface area contributed by atoms with Crippen LogP contribution in [0.15, 0.2) is 18.2 Å². The highest BCUT2D eigenvalue weighted by atomic mass is 32.2. The summed E-state index contributed by atoms with van der Waals surface area (Å²) >= 11 is 0. The molecule has 0 atom stereocenters. The number of carbonyl (C=O) groups excluding carboxylic acids is 1. The number of nitrogens with two attached hydrogens (primary N) is 1. The van der Waals surface area contributed by atoms with Crippen molar-refractivity contribution in [1.82, 2.24) is 0 Å². The Morgan fingerprint density at radius 3 is 2.84 bits per heavy atom. The Morgan fingerprint density at radius 2 is 2.16 bits per heavy atom. The number of amides is 1. The van der Waals surface area contributed by atoms with Crippen molar-refractivity contribution in [2.45, 2.75) is 19.8 Å². The first-order valence-electron chi connectivity index (χ1n) is 6.33. The van der Waals surface area contributed by atoms with Crippen LogP contribution in [0.1, 0.15) is 18.9 Å². The second-order valence-electron chi connectivity index (χ2n) is 4.67. The third-order valence-electron chi connectivity index (χ3n) is 3.37. The summed E-state index contributed by atoms with van der Waals surface area (Å²) in [5.41, 5.74) is 8.25. The molecule has 5 nitrogen and oxygen atoms in total. The molecule has 0 bridgehead atoms. The van der Waals surface area contributed by atoms with Gasteiger partial charge in [0, 0.05) is 23.7 Å². The van der Waals surface area contributed by atoms with Gasteiger partial charge in [-0.3, -0.25) is 4.79 Å². The molecule has 0 radical (unpaired) electrons. The summed E-state index contributed by atoms with van der Waals surface area (Å²) in [5.74, 6) is -0.818. The van der Waals surface area contributed by atoms with Gasteiger partial charge in [-0.15, -0.1) is 0 Å². The molecule has 1 aromatic carbocycles. The van der Waals surface area contributed by atoms with Crippen molar-refractivity contribution in [3.8, 4) is 0 Å². The van der Waals surface area contributed by atoms with Crippen LogP contribution in [0, 0.1) is 0 Å². The van der Waals surface area contributed by atoms with Crippen LogP contribution in [-0.2, 0) is 21.1 Å². The van der Waals surface area contributed by atoms with Gasteiger partial charge in [-0.05, 0) is 30.5 Å². The van der Waals surface area contributed by atoms with Gasteiger partial charge in [-0.25, -0.2) is 8.42 Å². The molecule has 1 aliphatic heterocycles. The van der Waals surface area contributed by atoms with Crippen molar-refractivity contribution in [2.75, 3.05) is 28.7 Å². The van der Waals surface area contributed by atoms with Crippen LogP contribution in [0.4, 0.5) is 11.4 Å². The zero-order valence-corrected chi connectivity index (χ0v) is 11.7. The molecule has 0 unspecified atom stereocenters. The number of nitrogens with zero attached hydrogens (tertiary/aromatic N) is 1. The lowest BCUT2D eigenvalue weighted by molar-refractivity contribution is -0.116. The summed E-state index contributed by atoms with van der Waals surface area (Å²) in [6.45, 7) is 2.10. The van der Waals surface area contributed by atoms with Gasteiger partial charge < -0.3 is 10.6 Å². The van der Waals surface area contributed by atoms with Crippen molar-refractivity contribution in [3.05, 3.63) is 23.8 Å². The fraction of sp³-hybridized carbons (Fsp3) is 0.462. The van der Waals surface area contributed by atoms with Crippen LogP contribution in [0.5, 0.6) is 0 Å². The summed E-state index contributed by atoms with van der Waals surface area (Å²) in [7, 11) is -3.30.